The van der Waals surface area contributed by atoms with Crippen LogP contribution in [0.15, 0.2) is 81.5 Å². The number of nitro groups is 1. The van der Waals surface area contributed by atoms with E-state index in [0.29, 0.717) is 26.9 Å². The number of oxime groups is 1. The number of nitro benzene ring substituents is 1. The summed E-state index contributed by atoms with van der Waals surface area (Å²) in [5.41, 5.74) is 0.987. The molecule has 1 heterocycles. The van der Waals surface area contributed by atoms with Crippen molar-refractivity contribution in [1.82, 2.24) is 0 Å². The molecule has 35 heavy (non-hydrogen) atoms. The Bertz CT molecular complexity index is 1260. The van der Waals surface area contributed by atoms with Crippen molar-refractivity contribution in [2.24, 2.45) is 16.0 Å². The standard InChI is InChI=1S/C28H29BrN2O4/c1-26(2,3)20-15-28(16-21(25(20)32)27(4,5)6)23(17-10-8-7-9-11-17)24(30-35-28)19-13-12-18(29)14-22(19)31(33)34/h7-16,23H,1-6H3. The molecule has 0 N–H and O–H groups in total. The van der Waals surface area contributed by atoms with Gasteiger partial charge in [-0.2, -0.15) is 0 Å². The largest absolute Gasteiger partial charge is 0.379 e. The summed E-state index contributed by atoms with van der Waals surface area (Å²) in [6.45, 7) is 12.0. The second-order valence-electron chi connectivity index (χ2n) is 11.1. The van der Waals surface area contributed by atoms with Crippen LogP contribution in [0, 0.1) is 20.9 Å². The second kappa shape index (κ2) is 8.55. The first-order valence-corrected chi connectivity index (χ1v) is 12.3. The number of halogens is 1. The number of carbonyl (C=O) groups is 1. The molecule has 0 fully saturated rings. The number of carbonyl (C=O) groups excluding carboxylic acids is 1. The molecule has 0 bridgehead atoms. The number of rotatable bonds is 3. The Balaban J connectivity index is 2.01. The minimum absolute atomic E-state index is 0.00545. The average molecular weight is 537 g/mol. The molecule has 1 aliphatic heterocycles. The minimum atomic E-state index is -1.10. The van der Waals surface area contributed by atoms with E-state index in [1.807, 2.05) is 84.0 Å². The molecule has 4 rings (SSSR count). The molecule has 2 aromatic carbocycles. The fourth-order valence-corrected chi connectivity index (χ4v) is 5.04. The molecule has 1 unspecified atom stereocenters. The van der Waals surface area contributed by atoms with Crippen molar-refractivity contribution in [2.45, 2.75) is 53.1 Å². The molecule has 0 radical (unpaired) electrons. The molecule has 2 aromatic rings. The first kappa shape index (κ1) is 25.0. The lowest BCUT2D eigenvalue weighted by molar-refractivity contribution is -0.385. The number of Topliss-reactive ketones (excluding diaryl/α,β-unsaturated/α-hetero) is 1. The number of nitrogens with zero attached hydrogens (tertiary/aromatic N) is 2. The van der Waals surface area contributed by atoms with Gasteiger partial charge in [-0.3, -0.25) is 14.9 Å². The first-order valence-electron chi connectivity index (χ1n) is 11.5. The van der Waals surface area contributed by atoms with Gasteiger partial charge in [0, 0.05) is 21.7 Å². The number of hydrogen-bond acceptors (Lipinski definition) is 5. The molecule has 0 saturated heterocycles. The predicted octanol–water partition coefficient (Wildman–Crippen LogP) is 7.14. The predicted molar refractivity (Wildman–Crippen MR) is 140 cm³/mol. The van der Waals surface area contributed by atoms with Crippen LogP contribution in [-0.4, -0.2) is 22.0 Å². The Morgan fingerprint density at radius 3 is 2.06 bits per heavy atom. The molecular formula is C28H29BrN2O4. The molecule has 0 amide bonds. The van der Waals surface area contributed by atoms with Crippen LogP contribution in [-0.2, 0) is 9.63 Å². The zero-order valence-electron chi connectivity index (χ0n) is 20.8. The van der Waals surface area contributed by atoms with Crippen LogP contribution in [0.5, 0.6) is 0 Å². The minimum Gasteiger partial charge on any atom is -0.379 e. The van der Waals surface area contributed by atoms with Gasteiger partial charge in [0.2, 0.25) is 0 Å². The van der Waals surface area contributed by atoms with Gasteiger partial charge in [0.05, 0.1) is 16.4 Å². The van der Waals surface area contributed by atoms with Crippen LogP contribution in [0.2, 0.25) is 0 Å². The highest BCUT2D eigenvalue weighted by Crippen LogP contribution is 2.50. The maximum absolute atomic E-state index is 13.6. The van der Waals surface area contributed by atoms with Gasteiger partial charge in [0.15, 0.2) is 11.4 Å². The second-order valence-corrected chi connectivity index (χ2v) is 12.0. The lowest BCUT2D eigenvalue weighted by Gasteiger charge is -2.38. The van der Waals surface area contributed by atoms with E-state index in [1.54, 1.807) is 12.1 Å². The van der Waals surface area contributed by atoms with Crippen LogP contribution >= 0.6 is 15.9 Å². The molecule has 7 heteroatoms. The number of benzene rings is 2. The summed E-state index contributed by atoms with van der Waals surface area (Å²) in [4.78, 5) is 31.4. The van der Waals surface area contributed by atoms with Crippen molar-refractivity contribution < 1.29 is 14.6 Å². The Hall–Kier alpha value is -3.06. The highest BCUT2D eigenvalue weighted by atomic mass is 79.9. The fraction of sp³-hybridized carbons (Fsp3) is 0.357. The van der Waals surface area contributed by atoms with Crippen molar-refractivity contribution in [3.63, 3.8) is 0 Å². The number of hydrogen-bond donors (Lipinski definition) is 0. The smallest absolute Gasteiger partial charge is 0.279 e. The lowest BCUT2D eigenvalue weighted by Crippen LogP contribution is -2.41. The lowest BCUT2D eigenvalue weighted by atomic mass is 9.65. The Labute approximate surface area is 214 Å². The maximum Gasteiger partial charge on any atom is 0.279 e. The third-order valence-electron chi connectivity index (χ3n) is 6.44. The van der Waals surface area contributed by atoms with E-state index < -0.39 is 27.3 Å². The van der Waals surface area contributed by atoms with E-state index in [2.05, 4.69) is 21.1 Å². The summed E-state index contributed by atoms with van der Waals surface area (Å²) in [6, 6.07) is 14.6. The van der Waals surface area contributed by atoms with E-state index >= 15 is 0 Å². The van der Waals surface area contributed by atoms with E-state index in [-0.39, 0.29) is 11.5 Å². The van der Waals surface area contributed by atoms with E-state index in [0.717, 1.165) is 5.56 Å². The zero-order chi connectivity index (χ0) is 25.8. The van der Waals surface area contributed by atoms with Crippen molar-refractivity contribution in [3.05, 3.63) is 97.5 Å². The van der Waals surface area contributed by atoms with Crippen LogP contribution in [0.1, 0.15) is 58.6 Å². The summed E-state index contributed by atoms with van der Waals surface area (Å²) >= 11 is 3.34. The van der Waals surface area contributed by atoms with Gasteiger partial charge >= 0.3 is 0 Å². The van der Waals surface area contributed by atoms with E-state index in [9.17, 15) is 14.9 Å². The van der Waals surface area contributed by atoms with Crippen molar-refractivity contribution in [2.75, 3.05) is 0 Å². The highest BCUT2D eigenvalue weighted by Gasteiger charge is 2.53. The van der Waals surface area contributed by atoms with Crippen LogP contribution in [0.3, 0.4) is 0 Å². The number of ketones is 1. The summed E-state index contributed by atoms with van der Waals surface area (Å²) in [5.74, 6) is -0.500. The van der Waals surface area contributed by atoms with Gasteiger partial charge in [-0.1, -0.05) is 93.0 Å². The molecule has 0 saturated carbocycles. The molecule has 182 valence electrons. The SMILES string of the molecule is CC(C)(C)C1=CC2(C=C(C(C)(C)C)C1=O)ON=C(c1ccc(Br)cc1[N+](=O)[O-])C2c1ccccc1. The van der Waals surface area contributed by atoms with E-state index in [1.165, 1.54) is 6.07 Å². The third-order valence-corrected chi connectivity index (χ3v) is 6.93. The summed E-state index contributed by atoms with van der Waals surface area (Å²) in [5, 5.41) is 16.4. The Morgan fingerprint density at radius 2 is 1.54 bits per heavy atom. The van der Waals surface area contributed by atoms with Crippen LogP contribution in [0.25, 0.3) is 0 Å². The van der Waals surface area contributed by atoms with E-state index in [4.69, 9.17) is 4.84 Å². The molecule has 6 nitrogen and oxygen atoms in total. The third kappa shape index (κ3) is 4.49. The van der Waals surface area contributed by atoms with Gasteiger partial charge in [-0.15, -0.1) is 0 Å². The summed E-state index contributed by atoms with van der Waals surface area (Å²) in [7, 11) is 0. The average Bonchev–Trinajstić information content (AvgIpc) is 3.12. The van der Waals surface area contributed by atoms with Crippen molar-refractivity contribution >= 4 is 33.1 Å². The van der Waals surface area contributed by atoms with Gasteiger partial charge in [-0.25, -0.2) is 0 Å². The molecular weight excluding hydrogens is 508 g/mol. The topological polar surface area (TPSA) is 81.8 Å². The molecule has 1 aliphatic carbocycles. The molecule has 1 atom stereocenters. The number of allylic oxidation sites excluding steroid dienone is 2. The molecule has 1 spiro atoms. The Kier molecular flexibility index (Phi) is 6.12. The van der Waals surface area contributed by atoms with Crippen molar-refractivity contribution in [3.8, 4) is 0 Å². The van der Waals surface area contributed by atoms with Gasteiger partial charge in [0.1, 0.15) is 5.71 Å². The molecule has 2 aliphatic rings. The highest BCUT2D eigenvalue weighted by molar-refractivity contribution is 9.10. The molecule has 0 aromatic heterocycles. The maximum atomic E-state index is 13.6. The summed E-state index contributed by atoms with van der Waals surface area (Å²) in [6.07, 6.45) is 3.76. The summed E-state index contributed by atoms with van der Waals surface area (Å²) < 4.78 is 0.603. The van der Waals surface area contributed by atoms with Crippen LogP contribution in [0.4, 0.5) is 5.69 Å². The monoisotopic (exact) mass is 536 g/mol. The van der Waals surface area contributed by atoms with Crippen molar-refractivity contribution in [1.29, 1.82) is 0 Å². The van der Waals surface area contributed by atoms with Gasteiger partial charge in [-0.05, 0) is 40.7 Å². The van der Waals surface area contributed by atoms with Gasteiger partial charge in [0.25, 0.3) is 5.69 Å². The Morgan fingerprint density at radius 1 is 0.971 bits per heavy atom. The normalized spacial score (nSPS) is 19.7. The van der Waals surface area contributed by atoms with Gasteiger partial charge < -0.3 is 4.84 Å². The fourth-order valence-electron chi connectivity index (χ4n) is 4.69. The first-order chi connectivity index (χ1) is 16.2. The zero-order valence-corrected chi connectivity index (χ0v) is 22.3. The van der Waals surface area contributed by atoms with Crippen LogP contribution < -0.4 is 0 Å². The quantitative estimate of drug-likeness (QED) is 0.308.